The van der Waals surface area contributed by atoms with Crippen molar-refractivity contribution in [2.24, 2.45) is 11.3 Å². The lowest BCUT2D eigenvalue weighted by Crippen LogP contribution is -2.57. The number of hydrogen-bond acceptors (Lipinski definition) is 3. The van der Waals surface area contributed by atoms with E-state index in [9.17, 15) is 33.0 Å². The molecule has 1 aliphatic heterocycles. The second-order valence-corrected chi connectivity index (χ2v) is 7.74. The van der Waals surface area contributed by atoms with E-state index in [4.69, 9.17) is 11.6 Å². The summed E-state index contributed by atoms with van der Waals surface area (Å²) in [5.41, 5.74) is -2.84. The number of alkyl halides is 3. The minimum atomic E-state index is -4.63. The number of benzene rings is 1. The van der Waals surface area contributed by atoms with E-state index in [0.717, 1.165) is 25.0 Å². The van der Waals surface area contributed by atoms with Gasteiger partial charge in [-0.05, 0) is 37.0 Å². The fourth-order valence-corrected chi connectivity index (χ4v) is 3.82. The summed E-state index contributed by atoms with van der Waals surface area (Å²) in [4.78, 5) is 25.9. The Bertz CT molecular complexity index is 765. The minimum absolute atomic E-state index is 0.0430. The molecule has 2 fully saturated rings. The van der Waals surface area contributed by atoms with Gasteiger partial charge in [0.1, 0.15) is 5.41 Å². The number of aliphatic hydroxyl groups excluding tert-OH is 1. The molecule has 3 rings (SSSR count). The summed E-state index contributed by atoms with van der Waals surface area (Å²) in [5.74, 6) is -1.78. The van der Waals surface area contributed by atoms with Crippen molar-refractivity contribution in [2.45, 2.75) is 38.0 Å². The van der Waals surface area contributed by atoms with Crippen LogP contribution >= 0.6 is 11.6 Å². The molecule has 0 unspecified atom stereocenters. The quantitative estimate of drug-likeness (QED) is 0.804. The van der Waals surface area contributed by atoms with E-state index in [1.807, 2.05) is 0 Å². The van der Waals surface area contributed by atoms with E-state index in [1.54, 1.807) is 0 Å². The topological polar surface area (TPSA) is 77.8 Å². The van der Waals surface area contributed by atoms with Gasteiger partial charge in [0.25, 0.3) is 5.91 Å². The van der Waals surface area contributed by atoms with E-state index < -0.39 is 35.1 Å². The number of nitrogens with zero attached hydrogens (tertiary/aromatic N) is 1. The Morgan fingerprint density at radius 3 is 2.48 bits per heavy atom. The second kappa shape index (κ2) is 6.98. The maximum atomic E-state index is 13.0. The lowest BCUT2D eigenvalue weighted by atomic mass is 9.73. The molecule has 0 bridgehead atoms. The van der Waals surface area contributed by atoms with Gasteiger partial charge in [0.2, 0.25) is 0 Å². The third-order valence-corrected chi connectivity index (χ3v) is 5.70. The van der Waals surface area contributed by atoms with Crippen LogP contribution in [0.25, 0.3) is 0 Å². The largest absolute Gasteiger partial charge is 0.481 e. The molecule has 1 aromatic rings. The molecular formula is C18H19ClF3NO4. The van der Waals surface area contributed by atoms with Crippen LogP contribution in [0.4, 0.5) is 13.2 Å². The molecule has 1 saturated carbocycles. The van der Waals surface area contributed by atoms with Gasteiger partial charge < -0.3 is 15.1 Å². The maximum absolute atomic E-state index is 13.0. The average Bonchev–Trinajstić information content (AvgIpc) is 3.39. The van der Waals surface area contributed by atoms with Gasteiger partial charge in [-0.15, -0.1) is 0 Å². The first-order valence-corrected chi connectivity index (χ1v) is 9.00. The highest BCUT2D eigenvalue weighted by molar-refractivity contribution is 6.33. The first kappa shape index (κ1) is 19.9. The van der Waals surface area contributed by atoms with Gasteiger partial charge in [0.15, 0.2) is 0 Å². The van der Waals surface area contributed by atoms with Crippen molar-refractivity contribution in [1.29, 1.82) is 0 Å². The molecule has 148 valence electrons. The summed E-state index contributed by atoms with van der Waals surface area (Å²) in [6.45, 7) is -0.211. The number of carbonyl (C=O) groups excluding carboxylic acids is 1. The molecule has 2 aliphatic rings. The standard InChI is InChI=1S/C18H19ClF3NO4/c19-13-4-3-11(18(20,21)22)7-12(13)15(25)23-6-5-14(24)17(9-23,16(26)27)8-10-1-2-10/h3-4,7,10,14,24H,1-2,5-6,8-9H2,(H,26,27)/t14-,17+/m1/s1. The van der Waals surface area contributed by atoms with Gasteiger partial charge >= 0.3 is 12.1 Å². The Hall–Kier alpha value is -1.80. The monoisotopic (exact) mass is 405 g/mol. The molecule has 1 amide bonds. The zero-order valence-corrected chi connectivity index (χ0v) is 15.1. The highest BCUT2D eigenvalue weighted by Crippen LogP contribution is 2.45. The number of likely N-dealkylation sites (tertiary alicyclic amines) is 1. The molecule has 0 radical (unpaired) electrons. The van der Waals surface area contributed by atoms with Gasteiger partial charge in [0, 0.05) is 13.1 Å². The fourth-order valence-electron chi connectivity index (χ4n) is 3.62. The molecule has 2 atom stereocenters. The molecular weight excluding hydrogens is 387 g/mol. The SMILES string of the molecule is O=C(c1cc(C(F)(F)F)ccc1Cl)N1CC[C@@H](O)[C@@](CC2CC2)(C(=O)O)C1. The highest BCUT2D eigenvalue weighted by Gasteiger charge is 2.52. The van der Waals surface area contributed by atoms with Gasteiger partial charge in [0.05, 0.1) is 22.3 Å². The molecule has 1 heterocycles. The van der Waals surface area contributed by atoms with Crippen molar-refractivity contribution < 1.29 is 33.0 Å². The van der Waals surface area contributed by atoms with Crippen LogP contribution in [0, 0.1) is 11.3 Å². The summed E-state index contributed by atoms with van der Waals surface area (Å²) in [5, 5.41) is 20.0. The Morgan fingerprint density at radius 1 is 1.26 bits per heavy atom. The summed E-state index contributed by atoms with van der Waals surface area (Å²) >= 11 is 5.94. The van der Waals surface area contributed by atoms with Gasteiger partial charge in [-0.3, -0.25) is 9.59 Å². The minimum Gasteiger partial charge on any atom is -0.481 e. The van der Waals surface area contributed by atoms with Crippen LogP contribution in [0.15, 0.2) is 18.2 Å². The van der Waals surface area contributed by atoms with Gasteiger partial charge in [-0.2, -0.15) is 13.2 Å². The molecule has 1 saturated heterocycles. The van der Waals surface area contributed by atoms with Crippen molar-refractivity contribution in [1.82, 2.24) is 4.90 Å². The van der Waals surface area contributed by atoms with E-state index >= 15 is 0 Å². The third-order valence-electron chi connectivity index (χ3n) is 5.37. The number of piperidine rings is 1. The van der Waals surface area contributed by atoms with E-state index in [0.29, 0.717) is 6.07 Å². The van der Waals surface area contributed by atoms with Crippen LogP contribution in [0.1, 0.15) is 41.6 Å². The number of halogens is 4. The van der Waals surface area contributed by atoms with Gasteiger partial charge in [-0.1, -0.05) is 24.4 Å². The highest BCUT2D eigenvalue weighted by atomic mass is 35.5. The average molecular weight is 406 g/mol. The number of carboxylic acid groups (broad SMARTS) is 1. The summed E-state index contributed by atoms with van der Waals surface area (Å²) in [7, 11) is 0. The van der Waals surface area contributed by atoms with E-state index in [-0.39, 0.29) is 42.4 Å². The maximum Gasteiger partial charge on any atom is 0.416 e. The lowest BCUT2D eigenvalue weighted by molar-refractivity contribution is -0.163. The first-order valence-electron chi connectivity index (χ1n) is 8.62. The number of aliphatic hydroxyl groups is 1. The molecule has 1 aromatic carbocycles. The smallest absolute Gasteiger partial charge is 0.416 e. The predicted octanol–water partition coefficient (Wildman–Crippen LogP) is 3.44. The molecule has 2 N–H and O–H groups in total. The molecule has 0 spiro atoms. The fraction of sp³-hybridized carbons (Fsp3) is 0.556. The number of amides is 1. The number of rotatable bonds is 4. The molecule has 5 nitrogen and oxygen atoms in total. The van der Waals surface area contributed by atoms with Crippen LogP contribution in [-0.4, -0.2) is 46.2 Å². The predicted molar refractivity (Wildman–Crippen MR) is 90.4 cm³/mol. The second-order valence-electron chi connectivity index (χ2n) is 7.33. The lowest BCUT2D eigenvalue weighted by Gasteiger charge is -2.43. The number of carboxylic acids is 1. The zero-order chi connectivity index (χ0) is 20.0. The van der Waals surface area contributed by atoms with Crippen molar-refractivity contribution in [3.63, 3.8) is 0 Å². The molecule has 27 heavy (non-hydrogen) atoms. The van der Waals surface area contributed by atoms with E-state index in [2.05, 4.69) is 0 Å². The Morgan fingerprint density at radius 2 is 1.93 bits per heavy atom. The van der Waals surface area contributed by atoms with Crippen LogP contribution in [0.5, 0.6) is 0 Å². The normalized spacial score (nSPS) is 26.1. The van der Waals surface area contributed by atoms with Crippen LogP contribution in [-0.2, 0) is 11.0 Å². The first-order chi connectivity index (χ1) is 12.5. The van der Waals surface area contributed by atoms with Crippen molar-refractivity contribution >= 4 is 23.5 Å². The van der Waals surface area contributed by atoms with E-state index in [1.165, 1.54) is 4.90 Å². The summed E-state index contributed by atoms with van der Waals surface area (Å²) in [6.07, 6.45) is -3.72. The number of aliphatic carboxylic acids is 1. The number of carbonyl (C=O) groups is 2. The summed E-state index contributed by atoms with van der Waals surface area (Å²) < 4.78 is 38.9. The summed E-state index contributed by atoms with van der Waals surface area (Å²) in [6, 6.07) is 2.47. The molecule has 1 aliphatic carbocycles. The Kier molecular flexibility index (Phi) is 5.16. The van der Waals surface area contributed by atoms with Gasteiger partial charge in [-0.25, -0.2) is 0 Å². The molecule has 9 heteroatoms. The van der Waals surface area contributed by atoms with Crippen molar-refractivity contribution in [3.8, 4) is 0 Å². The van der Waals surface area contributed by atoms with Crippen LogP contribution in [0.2, 0.25) is 5.02 Å². The number of hydrogen-bond donors (Lipinski definition) is 2. The van der Waals surface area contributed by atoms with Crippen LogP contribution in [0.3, 0.4) is 0 Å². The molecule has 0 aromatic heterocycles. The van der Waals surface area contributed by atoms with Crippen LogP contribution < -0.4 is 0 Å². The Balaban J connectivity index is 1.90. The third kappa shape index (κ3) is 3.91. The zero-order valence-electron chi connectivity index (χ0n) is 14.3. The van der Waals surface area contributed by atoms with Crippen molar-refractivity contribution in [3.05, 3.63) is 34.3 Å². The Labute approximate surface area is 158 Å². The van der Waals surface area contributed by atoms with Crippen molar-refractivity contribution in [2.75, 3.05) is 13.1 Å².